The van der Waals surface area contributed by atoms with Gasteiger partial charge in [-0.15, -0.1) is 11.3 Å². The smallest absolute Gasteiger partial charge is 0.261 e. The minimum absolute atomic E-state index is 0.102. The van der Waals surface area contributed by atoms with Crippen LogP contribution in [0, 0.1) is 0 Å². The maximum atomic E-state index is 12.6. The molecule has 0 saturated carbocycles. The Hall–Kier alpha value is -2.38. The van der Waals surface area contributed by atoms with E-state index in [-0.39, 0.29) is 17.9 Å². The molecule has 0 aliphatic carbocycles. The van der Waals surface area contributed by atoms with Crippen molar-refractivity contribution in [1.29, 1.82) is 0 Å². The first-order chi connectivity index (χ1) is 14.1. The number of rotatable bonds is 8. The Morgan fingerprint density at radius 1 is 1.14 bits per heavy atom. The molecule has 2 amide bonds. The Morgan fingerprint density at radius 3 is 2.48 bits per heavy atom. The third-order valence-corrected chi connectivity index (χ3v) is 6.16. The van der Waals surface area contributed by atoms with Gasteiger partial charge < -0.3 is 15.4 Å². The number of hydrogen-bond acceptors (Lipinski definition) is 5. The minimum Gasteiger partial charge on any atom is -0.497 e. The molecule has 156 valence electrons. The molecule has 2 heterocycles. The van der Waals surface area contributed by atoms with Gasteiger partial charge in [0.05, 0.1) is 18.0 Å². The highest BCUT2D eigenvalue weighted by Crippen LogP contribution is 2.26. The van der Waals surface area contributed by atoms with Crippen molar-refractivity contribution in [2.24, 2.45) is 0 Å². The first-order valence-electron chi connectivity index (χ1n) is 10.1. The SMILES string of the molecule is COc1ccc(C(CNC(=O)C(C)NC(=O)c2cccs2)N2CCCCC2)cc1. The number of likely N-dealkylation sites (tertiary alicyclic amines) is 1. The Labute approximate surface area is 176 Å². The van der Waals surface area contributed by atoms with Gasteiger partial charge in [0.1, 0.15) is 11.8 Å². The predicted octanol–water partition coefficient (Wildman–Crippen LogP) is 3.22. The Kier molecular flexibility index (Phi) is 7.66. The second-order valence-electron chi connectivity index (χ2n) is 7.30. The van der Waals surface area contributed by atoms with E-state index in [1.807, 2.05) is 23.6 Å². The molecule has 0 spiro atoms. The molecule has 0 radical (unpaired) electrons. The zero-order valence-corrected chi connectivity index (χ0v) is 17.8. The molecule has 2 aromatic rings. The van der Waals surface area contributed by atoms with E-state index in [2.05, 4.69) is 27.7 Å². The topological polar surface area (TPSA) is 70.7 Å². The summed E-state index contributed by atoms with van der Waals surface area (Å²) >= 11 is 1.36. The maximum absolute atomic E-state index is 12.6. The molecule has 1 fully saturated rings. The number of hydrogen-bond donors (Lipinski definition) is 2. The van der Waals surface area contributed by atoms with Crippen molar-refractivity contribution in [1.82, 2.24) is 15.5 Å². The van der Waals surface area contributed by atoms with Crippen LogP contribution in [0.2, 0.25) is 0 Å². The average molecular weight is 416 g/mol. The summed E-state index contributed by atoms with van der Waals surface area (Å²) in [7, 11) is 1.66. The third-order valence-electron chi connectivity index (χ3n) is 5.29. The Bertz CT molecular complexity index is 786. The molecule has 2 unspecified atom stereocenters. The van der Waals surface area contributed by atoms with Gasteiger partial charge in [-0.25, -0.2) is 0 Å². The van der Waals surface area contributed by atoms with E-state index in [9.17, 15) is 9.59 Å². The van der Waals surface area contributed by atoms with Crippen molar-refractivity contribution in [3.8, 4) is 5.75 Å². The highest BCUT2D eigenvalue weighted by atomic mass is 32.1. The number of carbonyl (C=O) groups excluding carboxylic acids is 2. The van der Waals surface area contributed by atoms with Crippen molar-refractivity contribution in [3.63, 3.8) is 0 Å². The van der Waals surface area contributed by atoms with Crippen LogP contribution in [-0.2, 0) is 4.79 Å². The molecular weight excluding hydrogens is 386 g/mol. The van der Waals surface area contributed by atoms with Gasteiger partial charge in [-0.2, -0.15) is 0 Å². The lowest BCUT2D eigenvalue weighted by molar-refractivity contribution is -0.122. The van der Waals surface area contributed by atoms with Crippen molar-refractivity contribution in [3.05, 3.63) is 52.2 Å². The second kappa shape index (κ2) is 10.4. The van der Waals surface area contributed by atoms with E-state index in [4.69, 9.17) is 4.74 Å². The van der Waals surface area contributed by atoms with E-state index in [1.165, 1.54) is 30.6 Å². The Balaban J connectivity index is 1.62. The lowest BCUT2D eigenvalue weighted by atomic mass is 10.0. The van der Waals surface area contributed by atoms with Crippen molar-refractivity contribution < 1.29 is 14.3 Å². The van der Waals surface area contributed by atoms with E-state index in [0.717, 1.165) is 24.4 Å². The van der Waals surface area contributed by atoms with Gasteiger partial charge in [0.15, 0.2) is 0 Å². The number of piperidine rings is 1. The molecule has 3 rings (SSSR count). The maximum Gasteiger partial charge on any atom is 0.261 e. The van der Waals surface area contributed by atoms with Crippen LogP contribution in [0.4, 0.5) is 0 Å². The van der Waals surface area contributed by atoms with E-state index >= 15 is 0 Å². The fraction of sp³-hybridized carbons (Fsp3) is 0.455. The molecule has 7 heteroatoms. The summed E-state index contributed by atoms with van der Waals surface area (Å²) < 4.78 is 5.27. The normalized spacial score (nSPS) is 16.6. The largest absolute Gasteiger partial charge is 0.497 e. The van der Waals surface area contributed by atoms with Crippen LogP contribution in [0.3, 0.4) is 0 Å². The number of nitrogens with one attached hydrogen (secondary N) is 2. The molecule has 1 aliphatic heterocycles. The highest BCUT2D eigenvalue weighted by molar-refractivity contribution is 7.12. The second-order valence-corrected chi connectivity index (χ2v) is 8.25. The molecular formula is C22H29N3O3S. The molecule has 2 atom stereocenters. The summed E-state index contributed by atoms with van der Waals surface area (Å²) in [4.78, 5) is 27.8. The van der Waals surface area contributed by atoms with Crippen LogP contribution in [0.1, 0.15) is 47.5 Å². The summed E-state index contributed by atoms with van der Waals surface area (Å²) in [6.45, 7) is 4.27. The molecule has 1 aromatic carbocycles. The van der Waals surface area contributed by atoms with Gasteiger partial charge >= 0.3 is 0 Å². The number of nitrogens with zero attached hydrogens (tertiary/aromatic N) is 1. The summed E-state index contributed by atoms with van der Waals surface area (Å²) in [6.07, 6.45) is 3.60. The monoisotopic (exact) mass is 415 g/mol. The van der Waals surface area contributed by atoms with Gasteiger partial charge in [-0.3, -0.25) is 14.5 Å². The van der Waals surface area contributed by atoms with Crippen LogP contribution >= 0.6 is 11.3 Å². The van der Waals surface area contributed by atoms with Gasteiger partial charge in [0.25, 0.3) is 5.91 Å². The minimum atomic E-state index is -0.595. The number of benzene rings is 1. The predicted molar refractivity (Wildman–Crippen MR) is 115 cm³/mol. The van der Waals surface area contributed by atoms with Gasteiger partial charge in [0.2, 0.25) is 5.91 Å². The lowest BCUT2D eigenvalue weighted by Crippen LogP contribution is -2.47. The number of thiophene rings is 1. The van der Waals surface area contributed by atoms with Crippen molar-refractivity contribution >= 4 is 23.2 Å². The quantitative estimate of drug-likeness (QED) is 0.695. The van der Waals surface area contributed by atoms with Crippen LogP contribution in [-0.4, -0.2) is 49.5 Å². The van der Waals surface area contributed by atoms with E-state index < -0.39 is 6.04 Å². The molecule has 6 nitrogen and oxygen atoms in total. The average Bonchev–Trinajstić information content (AvgIpc) is 3.30. The zero-order chi connectivity index (χ0) is 20.6. The van der Waals surface area contributed by atoms with Crippen LogP contribution in [0.15, 0.2) is 41.8 Å². The fourth-order valence-electron chi connectivity index (χ4n) is 3.61. The summed E-state index contributed by atoms with van der Waals surface area (Å²) in [5.74, 6) is 0.427. The van der Waals surface area contributed by atoms with Crippen molar-refractivity contribution in [2.75, 3.05) is 26.7 Å². The van der Waals surface area contributed by atoms with Crippen LogP contribution in [0.5, 0.6) is 5.75 Å². The van der Waals surface area contributed by atoms with Gasteiger partial charge in [0, 0.05) is 6.54 Å². The molecule has 29 heavy (non-hydrogen) atoms. The van der Waals surface area contributed by atoms with Gasteiger partial charge in [-0.1, -0.05) is 24.6 Å². The van der Waals surface area contributed by atoms with Crippen LogP contribution < -0.4 is 15.4 Å². The van der Waals surface area contributed by atoms with Crippen molar-refractivity contribution in [2.45, 2.75) is 38.3 Å². The molecule has 2 N–H and O–H groups in total. The molecule has 1 aliphatic rings. The molecule has 0 bridgehead atoms. The van der Waals surface area contributed by atoms with E-state index in [0.29, 0.717) is 11.4 Å². The fourth-order valence-corrected chi connectivity index (χ4v) is 4.23. The number of methoxy groups -OCH3 is 1. The standard InChI is InChI=1S/C22H29N3O3S/c1-16(24-22(27)20-7-6-14-29-20)21(26)23-15-19(25-12-4-3-5-13-25)17-8-10-18(28-2)11-9-17/h6-11,14,16,19H,3-5,12-13,15H2,1-2H3,(H,23,26)(H,24,27). The van der Waals surface area contributed by atoms with Gasteiger partial charge in [-0.05, 0) is 62.0 Å². The third kappa shape index (κ3) is 5.81. The summed E-state index contributed by atoms with van der Waals surface area (Å²) in [5.41, 5.74) is 1.16. The lowest BCUT2D eigenvalue weighted by Gasteiger charge is -2.35. The zero-order valence-electron chi connectivity index (χ0n) is 17.0. The first-order valence-corrected chi connectivity index (χ1v) is 11.0. The number of ether oxygens (including phenoxy) is 1. The highest BCUT2D eigenvalue weighted by Gasteiger charge is 2.24. The van der Waals surface area contributed by atoms with E-state index in [1.54, 1.807) is 20.1 Å². The first kappa shape index (κ1) is 21.3. The molecule has 1 saturated heterocycles. The number of carbonyl (C=O) groups is 2. The van der Waals surface area contributed by atoms with Crippen LogP contribution in [0.25, 0.3) is 0 Å². The number of amides is 2. The molecule has 1 aromatic heterocycles. The Morgan fingerprint density at radius 2 is 1.86 bits per heavy atom. The summed E-state index contributed by atoms with van der Waals surface area (Å²) in [5, 5.41) is 7.65. The summed E-state index contributed by atoms with van der Waals surface area (Å²) in [6, 6.07) is 11.1.